The SMILES string of the molecule is CC(C)C(O)Cn1ncc(OCCCN)cc1=O. The normalized spacial score (nSPS) is 12.7. The quantitative estimate of drug-likeness (QED) is 0.669. The van der Waals surface area contributed by atoms with E-state index in [1.165, 1.54) is 16.9 Å². The molecule has 0 saturated heterocycles. The molecule has 0 aromatic carbocycles. The van der Waals surface area contributed by atoms with Gasteiger partial charge in [0.05, 0.1) is 25.5 Å². The number of aliphatic hydroxyl groups is 1. The summed E-state index contributed by atoms with van der Waals surface area (Å²) in [6.45, 7) is 4.99. The van der Waals surface area contributed by atoms with E-state index in [-0.39, 0.29) is 18.0 Å². The lowest BCUT2D eigenvalue weighted by Crippen LogP contribution is -2.30. The van der Waals surface area contributed by atoms with Crippen molar-refractivity contribution >= 4 is 0 Å². The minimum absolute atomic E-state index is 0.0826. The highest BCUT2D eigenvalue weighted by atomic mass is 16.5. The summed E-state index contributed by atoms with van der Waals surface area (Å²) in [5.41, 5.74) is 5.06. The van der Waals surface area contributed by atoms with Gasteiger partial charge in [-0.05, 0) is 18.9 Å². The van der Waals surface area contributed by atoms with E-state index in [1.807, 2.05) is 13.8 Å². The Morgan fingerprint density at radius 1 is 1.56 bits per heavy atom. The van der Waals surface area contributed by atoms with Crippen LogP contribution < -0.4 is 16.0 Å². The van der Waals surface area contributed by atoms with Gasteiger partial charge >= 0.3 is 0 Å². The summed E-state index contributed by atoms with van der Waals surface area (Å²) in [6.07, 6.45) is 1.62. The number of nitrogens with two attached hydrogens (primary N) is 1. The van der Waals surface area contributed by atoms with Gasteiger partial charge < -0.3 is 15.6 Å². The number of rotatable bonds is 7. The Morgan fingerprint density at radius 2 is 2.28 bits per heavy atom. The third-order valence-corrected chi connectivity index (χ3v) is 2.59. The first-order chi connectivity index (χ1) is 8.54. The molecule has 0 saturated carbocycles. The predicted octanol–water partition coefficient (Wildman–Crippen LogP) is -0.0122. The van der Waals surface area contributed by atoms with E-state index in [0.717, 1.165) is 6.42 Å². The maximum atomic E-state index is 11.7. The first-order valence-corrected chi connectivity index (χ1v) is 6.12. The molecule has 18 heavy (non-hydrogen) atoms. The molecule has 1 atom stereocenters. The molecule has 3 N–H and O–H groups in total. The van der Waals surface area contributed by atoms with Crippen molar-refractivity contribution in [2.45, 2.75) is 32.9 Å². The molecule has 0 amide bonds. The van der Waals surface area contributed by atoms with Crippen molar-refractivity contribution in [3.63, 3.8) is 0 Å². The van der Waals surface area contributed by atoms with Crippen molar-refractivity contribution < 1.29 is 9.84 Å². The third kappa shape index (κ3) is 4.46. The van der Waals surface area contributed by atoms with Crippen LogP contribution >= 0.6 is 0 Å². The predicted molar refractivity (Wildman–Crippen MR) is 68.5 cm³/mol. The van der Waals surface area contributed by atoms with Crippen LogP contribution in [0.1, 0.15) is 20.3 Å². The van der Waals surface area contributed by atoms with Gasteiger partial charge in [-0.2, -0.15) is 5.10 Å². The van der Waals surface area contributed by atoms with Gasteiger partial charge in [-0.15, -0.1) is 0 Å². The Balaban J connectivity index is 2.65. The number of aliphatic hydroxyl groups excluding tert-OH is 1. The van der Waals surface area contributed by atoms with E-state index >= 15 is 0 Å². The topological polar surface area (TPSA) is 90.4 Å². The Bertz CT molecular complexity index is 417. The van der Waals surface area contributed by atoms with Crippen molar-refractivity contribution in [1.29, 1.82) is 0 Å². The Hall–Kier alpha value is -1.40. The van der Waals surface area contributed by atoms with E-state index in [1.54, 1.807) is 0 Å². The molecule has 6 nitrogen and oxygen atoms in total. The smallest absolute Gasteiger partial charge is 0.270 e. The van der Waals surface area contributed by atoms with E-state index in [2.05, 4.69) is 5.10 Å². The van der Waals surface area contributed by atoms with Gasteiger partial charge in [-0.3, -0.25) is 4.79 Å². The Kier molecular flexibility index (Phi) is 5.80. The molecular formula is C12H21N3O3. The summed E-state index contributed by atoms with van der Waals surface area (Å²) < 4.78 is 6.55. The van der Waals surface area contributed by atoms with Gasteiger partial charge in [-0.1, -0.05) is 13.8 Å². The first-order valence-electron chi connectivity index (χ1n) is 6.12. The second-order valence-electron chi connectivity index (χ2n) is 4.51. The molecule has 0 spiro atoms. The van der Waals surface area contributed by atoms with Crippen molar-refractivity contribution in [1.82, 2.24) is 9.78 Å². The maximum Gasteiger partial charge on any atom is 0.270 e. The summed E-state index contributed by atoms with van der Waals surface area (Å²) in [6, 6.07) is 1.37. The van der Waals surface area contributed by atoms with Crippen LogP contribution in [0.5, 0.6) is 5.75 Å². The second kappa shape index (κ2) is 7.13. The van der Waals surface area contributed by atoms with Crippen LogP contribution in [0, 0.1) is 5.92 Å². The van der Waals surface area contributed by atoms with Crippen LogP contribution in [0.3, 0.4) is 0 Å². The molecule has 0 aliphatic carbocycles. The fourth-order valence-electron chi connectivity index (χ4n) is 1.29. The standard InChI is InChI=1S/C12H21N3O3/c1-9(2)11(16)8-15-12(17)6-10(7-14-15)18-5-3-4-13/h6-7,9,11,16H,3-5,8,13H2,1-2H3. The van der Waals surface area contributed by atoms with Gasteiger partial charge in [0.2, 0.25) is 0 Å². The molecule has 1 aromatic heterocycles. The van der Waals surface area contributed by atoms with Crippen molar-refractivity contribution in [3.8, 4) is 5.75 Å². The van der Waals surface area contributed by atoms with E-state index in [0.29, 0.717) is 18.9 Å². The van der Waals surface area contributed by atoms with Crippen LogP contribution in [0.2, 0.25) is 0 Å². The van der Waals surface area contributed by atoms with Crippen LogP contribution in [-0.4, -0.2) is 34.1 Å². The fourth-order valence-corrected chi connectivity index (χ4v) is 1.29. The highest BCUT2D eigenvalue weighted by Crippen LogP contribution is 2.06. The average molecular weight is 255 g/mol. The maximum absolute atomic E-state index is 11.7. The molecule has 6 heteroatoms. The highest BCUT2D eigenvalue weighted by molar-refractivity contribution is 5.13. The van der Waals surface area contributed by atoms with E-state index < -0.39 is 6.10 Å². The van der Waals surface area contributed by atoms with Gasteiger partial charge in [0.1, 0.15) is 5.75 Å². The molecule has 102 valence electrons. The van der Waals surface area contributed by atoms with Crippen LogP contribution in [-0.2, 0) is 6.54 Å². The number of aromatic nitrogens is 2. The van der Waals surface area contributed by atoms with Gasteiger partial charge in [0.15, 0.2) is 0 Å². The van der Waals surface area contributed by atoms with E-state index in [4.69, 9.17) is 10.5 Å². The zero-order valence-corrected chi connectivity index (χ0v) is 10.9. The summed E-state index contributed by atoms with van der Waals surface area (Å²) in [5.74, 6) is 0.517. The van der Waals surface area contributed by atoms with Crippen molar-refractivity contribution in [3.05, 3.63) is 22.6 Å². The lowest BCUT2D eigenvalue weighted by atomic mass is 10.1. The fraction of sp³-hybridized carbons (Fsp3) is 0.667. The van der Waals surface area contributed by atoms with Crippen LogP contribution in [0.15, 0.2) is 17.1 Å². The lowest BCUT2D eigenvalue weighted by molar-refractivity contribution is 0.101. The number of hydrogen-bond acceptors (Lipinski definition) is 5. The Labute approximate surface area is 106 Å². The van der Waals surface area contributed by atoms with E-state index in [9.17, 15) is 9.90 Å². The third-order valence-electron chi connectivity index (χ3n) is 2.59. The number of ether oxygens (including phenoxy) is 1. The summed E-state index contributed by atoms with van der Waals surface area (Å²) in [5, 5.41) is 13.7. The molecule has 0 aliphatic heterocycles. The lowest BCUT2D eigenvalue weighted by Gasteiger charge is -2.15. The van der Waals surface area contributed by atoms with Crippen LogP contribution in [0.25, 0.3) is 0 Å². The van der Waals surface area contributed by atoms with Gasteiger partial charge in [0, 0.05) is 6.07 Å². The second-order valence-corrected chi connectivity index (χ2v) is 4.51. The van der Waals surface area contributed by atoms with Crippen LogP contribution in [0.4, 0.5) is 0 Å². The summed E-state index contributed by atoms with van der Waals surface area (Å²) >= 11 is 0. The largest absolute Gasteiger partial charge is 0.492 e. The Morgan fingerprint density at radius 3 is 2.83 bits per heavy atom. The summed E-state index contributed by atoms with van der Waals surface area (Å²) in [7, 11) is 0. The minimum atomic E-state index is -0.584. The zero-order chi connectivity index (χ0) is 13.5. The average Bonchev–Trinajstić information content (AvgIpc) is 2.32. The van der Waals surface area contributed by atoms with Crippen molar-refractivity contribution in [2.24, 2.45) is 11.7 Å². The molecule has 1 rings (SSSR count). The summed E-state index contributed by atoms with van der Waals surface area (Å²) in [4.78, 5) is 11.7. The molecule has 1 unspecified atom stereocenters. The first kappa shape index (κ1) is 14.7. The monoisotopic (exact) mass is 255 g/mol. The number of nitrogens with zero attached hydrogens (tertiary/aromatic N) is 2. The molecule has 0 radical (unpaired) electrons. The van der Waals surface area contributed by atoms with Crippen molar-refractivity contribution in [2.75, 3.05) is 13.2 Å². The number of hydrogen-bond donors (Lipinski definition) is 2. The molecule has 0 fully saturated rings. The zero-order valence-electron chi connectivity index (χ0n) is 10.9. The highest BCUT2D eigenvalue weighted by Gasteiger charge is 2.11. The molecule has 0 bridgehead atoms. The van der Waals surface area contributed by atoms with Gasteiger partial charge in [-0.25, -0.2) is 4.68 Å². The molecule has 1 heterocycles. The molecule has 0 aliphatic rings. The van der Waals surface area contributed by atoms with Gasteiger partial charge in [0.25, 0.3) is 5.56 Å². The molecular weight excluding hydrogens is 234 g/mol. The molecule has 1 aromatic rings. The minimum Gasteiger partial charge on any atom is -0.492 e.